The summed E-state index contributed by atoms with van der Waals surface area (Å²) in [7, 11) is 1.66. The second-order valence-corrected chi connectivity index (χ2v) is 7.89. The molecular formula is C19H37N3O4. The second-order valence-electron chi connectivity index (χ2n) is 7.89. The molecule has 0 spiro atoms. The van der Waals surface area contributed by atoms with Gasteiger partial charge in [0.05, 0.1) is 13.1 Å². The maximum atomic E-state index is 12.0. The SMILES string of the molecule is C.C.CC(=O)N(C)CCOC(=O)NC1CC(C)(C)CC(C)(CN=C=O)C1. The molecule has 0 saturated heterocycles. The fraction of sp³-hybridized carbons (Fsp3) is 0.842. The summed E-state index contributed by atoms with van der Waals surface area (Å²) >= 11 is 0. The minimum absolute atomic E-state index is 0. The van der Waals surface area contributed by atoms with Crippen molar-refractivity contribution < 1.29 is 19.1 Å². The molecule has 7 nitrogen and oxygen atoms in total. The third-order valence-corrected chi connectivity index (χ3v) is 4.49. The Balaban J connectivity index is 0. The van der Waals surface area contributed by atoms with E-state index in [0.717, 1.165) is 19.3 Å². The molecule has 7 heteroatoms. The number of rotatable bonds is 6. The quantitative estimate of drug-likeness (QED) is 0.572. The standard InChI is InChI=1S/C17H29N3O4.2CH4/c1-13(22)20(5)6-7-24-15(23)19-14-8-16(2,3)10-17(4,9-14)11-18-12-21;;/h14H,6-11H2,1-5H3,(H,19,23);2*1H4. The average Bonchev–Trinajstić information content (AvgIpc) is 2.42. The number of isocyanates is 1. The Morgan fingerprint density at radius 3 is 2.42 bits per heavy atom. The summed E-state index contributed by atoms with van der Waals surface area (Å²) in [5, 5.41) is 2.90. The van der Waals surface area contributed by atoms with Crippen molar-refractivity contribution in [2.45, 2.75) is 67.9 Å². The van der Waals surface area contributed by atoms with Crippen molar-refractivity contribution in [1.82, 2.24) is 10.2 Å². The van der Waals surface area contributed by atoms with Crippen LogP contribution in [0, 0.1) is 10.8 Å². The monoisotopic (exact) mass is 371 g/mol. The van der Waals surface area contributed by atoms with Crippen molar-refractivity contribution in [3.63, 3.8) is 0 Å². The van der Waals surface area contributed by atoms with Crippen LogP contribution in [0.15, 0.2) is 4.99 Å². The van der Waals surface area contributed by atoms with Gasteiger partial charge in [-0.05, 0) is 30.1 Å². The molecule has 2 amide bonds. The Morgan fingerprint density at radius 1 is 1.27 bits per heavy atom. The molecule has 152 valence electrons. The Morgan fingerprint density at radius 2 is 1.88 bits per heavy atom. The lowest BCUT2D eigenvalue weighted by Gasteiger charge is -2.45. The smallest absolute Gasteiger partial charge is 0.407 e. The fourth-order valence-electron chi connectivity index (χ4n) is 3.72. The minimum atomic E-state index is -0.476. The summed E-state index contributed by atoms with van der Waals surface area (Å²) in [5.74, 6) is -0.0699. The zero-order chi connectivity index (χ0) is 18.4. The predicted molar refractivity (Wildman–Crippen MR) is 104 cm³/mol. The van der Waals surface area contributed by atoms with Gasteiger partial charge in [-0.15, -0.1) is 0 Å². The molecule has 1 N–H and O–H groups in total. The van der Waals surface area contributed by atoms with Crippen molar-refractivity contribution in [3.05, 3.63) is 0 Å². The van der Waals surface area contributed by atoms with E-state index < -0.39 is 6.09 Å². The average molecular weight is 372 g/mol. The molecule has 0 aromatic carbocycles. The van der Waals surface area contributed by atoms with Gasteiger partial charge in [0.15, 0.2) is 0 Å². The van der Waals surface area contributed by atoms with Crippen LogP contribution in [0.25, 0.3) is 0 Å². The highest BCUT2D eigenvalue weighted by Gasteiger charge is 2.41. The number of hydrogen-bond donors (Lipinski definition) is 1. The van der Waals surface area contributed by atoms with Crippen LogP contribution in [0.1, 0.15) is 61.8 Å². The normalized spacial score (nSPS) is 23.3. The van der Waals surface area contributed by atoms with Crippen LogP contribution in [0.4, 0.5) is 4.79 Å². The number of nitrogens with one attached hydrogen (secondary N) is 1. The van der Waals surface area contributed by atoms with Gasteiger partial charge in [0.1, 0.15) is 6.61 Å². The van der Waals surface area contributed by atoms with Gasteiger partial charge in [0.2, 0.25) is 12.0 Å². The summed E-state index contributed by atoms with van der Waals surface area (Å²) in [6.45, 7) is 8.78. The van der Waals surface area contributed by atoms with Crippen LogP contribution < -0.4 is 5.32 Å². The van der Waals surface area contributed by atoms with E-state index in [4.69, 9.17) is 4.74 Å². The van der Waals surface area contributed by atoms with Crippen molar-refractivity contribution in [2.24, 2.45) is 15.8 Å². The van der Waals surface area contributed by atoms with E-state index >= 15 is 0 Å². The van der Waals surface area contributed by atoms with Gasteiger partial charge >= 0.3 is 6.09 Å². The number of aliphatic imine (C=N–C) groups is 1. The highest BCUT2D eigenvalue weighted by Crippen LogP contribution is 2.46. The van der Waals surface area contributed by atoms with Crippen LogP contribution in [0.3, 0.4) is 0 Å². The van der Waals surface area contributed by atoms with E-state index in [1.807, 2.05) is 0 Å². The molecule has 2 unspecified atom stereocenters. The summed E-state index contributed by atoms with van der Waals surface area (Å²) in [6, 6.07) is -0.0290. The van der Waals surface area contributed by atoms with Gasteiger partial charge in [-0.2, -0.15) is 0 Å². The van der Waals surface area contributed by atoms with E-state index in [-0.39, 0.29) is 44.2 Å². The Hall–Kier alpha value is -1.88. The third-order valence-electron chi connectivity index (χ3n) is 4.49. The predicted octanol–water partition coefficient (Wildman–Crippen LogP) is 3.38. The van der Waals surface area contributed by atoms with E-state index in [1.165, 1.54) is 11.8 Å². The van der Waals surface area contributed by atoms with Crippen molar-refractivity contribution in [2.75, 3.05) is 26.7 Å². The van der Waals surface area contributed by atoms with Crippen LogP contribution in [0.2, 0.25) is 0 Å². The van der Waals surface area contributed by atoms with Gasteiger partial charge in [0.25, 0.3) is 0 Å². The van der Waals surface area contributed by atoms with E-state index in [9.17, 15) is 14.4 Å². The molecule has 1 aliphatic rings. The van der Waals surface area contributed by atoms with Crippen molar-refractivity contribution in [3.8, 4) is 0 Å². The van der Waals surface area contributed by atoms with Crippen LogP contribution in [0.5, 0.6) is 0 Å². The molecular weight excluding hydrogens is 334 g/mol. The maximum Gasteiger partial charge on any atom is 0.407 e. The number of nitrogens with zero attached hydrogens (tertiary/aromatic N) is 2. The largest absolute Gasteiger partial charge is 0.448 e. The summed E-state index contributed by atoms with van der Waals surface area (Å²) in [4.78, 5) is 38.7. The Kier molecular flexibility index (Phi) is 11.1. The molecule has 0 radical (unpaired) electrons. The van der Waals surface area contributed by atoms with E-state index in [2.05, 4.69) is 31.1 Å². The molecule has 2 atom stereocenters. The first-order valence-electron chi connectivity index (χ1n) is 8.25. The lowest BCUT2D eigenvalue weighted by Crippen LogP contribution is -2.48. The highest BCUT2D eigenvalue weighted by molar-refractivity contribution is 5.72. The molecule has 1 aliphatic carbocycles. The lowest BCUT2D eigenvalue weighted by molar-refractivity contribution is -0.128. The molecule has 0 aliphatic heterocycles. The van der Waals surface area contributed by atoms with Crippen molar-refractivity contribution >= 4 is 18.1 Å². The topological polar surface area (TPSA) is 88.1 Å². The fourth-order valence-corrected chi connectivity index (χ4v) is 3.72. The van der Waals surface area contributed by atoms with Gasteiger partial charge < -0.3 is 15.0 Å². The Bertz CT molecular complexity index is 515. The van der Waals surface area contributed by atoms with Gasteiger partial charge in [-0.1, -0.05) is 35.6 Å². The molecule has 26 heavy (non-hydrogen) atoms. The molecule has 1 rings (SSSR count). The number of carbonyl (C=O) groups excluding carboxylic acids is 3. The molecule has 0 bridgehead atoms. The Labute approximate surface area is 158 Å². The molecule has 1 fully saturated rings. The number of ether oxygens (including phenoxy) is 1. The molecule has 1 saturated carbocycles. The van der Waals surface area contributed by atoms with Gasteiger partial charge in [0, 0.05) is 20.0 Å². The minimum Gasteiger partial charge on any atom is -0.448 e. The number of amides is 2. The first kappa shape index (κ1) is 26.4. The third kappa shape index (κ3) is 8.99. The maximum absolute atomic E-state index is 12.0. The molecule has 0 heterocycles. The summed E-state index contributed by atoms with van der Waals surface area (Å²) in [5.41, 5.74) is -0.107. The number of alkyl carbamates (subject to hydrolysis) is 1. The van der Waals surface area contributed by atoms with Crippen LogP contribution >= 0.6 is 0 Å². The van der Waals surface area contributed by atoms with Crippen LogP contribution in [-0.4, -0.2) is 55.8 Å². The first-order chi connectivity index (χ1) is 11.1. The van der Waals surface area contributed by atoms with Crippen molar-refractivity contribution in [1.29, 1.82) is 0 Å². The number of carbonyl (C=O) groups is 2. The first-order valence-corrected chi connectivity index (χ1v) is 8.25. The van der Waals surface area contributed by atoms with Gasteiger partial charge in [-0.25, -0.2) is 14.6 Å². The van der Waals surface area contributed by atoms with Gasteiger partial charge in [-0.3, -0.25) is 4.79 Å². The van der Waals surface area contributed by atoms with E-state index in [0.29, 0.717) is 13.1 Å². The second kappa shape index (κ2) is 11.0. The molecule has 0 aromatic rings. The van der Waals surface area contributed by atoms with Crippen LogP contribution in [-0.2, 0) is 14.3 Å². The summed E-state index contributed by atoms with van der Waals surface area (Å²) in [6.07, 6.45) is 3.64. The number of likely N-dealkylation sites (N-methyl/N-ethyl adjacent to an activating group) is 1. The number of hydrogen-bond acceptors (Lipinski definition) is 5. The highest BCUT2D eigenvalue weighted by atomic mass is 16.5. The molecule has 0 aromatic heterocycles. The van der Waals surface area contributed by atoms with E-state index in [1.54, 1.807) is 13.1 Å². The lowest BCUT2D eigenvalue weighted by atomic mass is 9.62. The zero-order valence-corrected chi connectivity index (χ0v) is 15.3. The summed E-state index contributed by atoms with van der Waals surface area (Å²) < 4.78 is 5.15. The zero-order valence-electron chi connectivity index (χ0n) is 15.3.